The van der Waals surface area contributed by atoms with Gasteiger partial charge in [0.1, 0.15) is 0 Å². The molecule has 112 valence electrons. The van der Waals surface area contributed by atoms with E-state index in [9.17, 15) is 4.79 Å². The van der Waals surface area contributed by atoms with Gasteiger partial charge in [0, 0.05) is 18.9 Å². The van der Waals surface area contributed by atoms with Crippen LogP contribution in [0, 0.1) is 5.92 Å². The van der Waals surface area contributed by atoms with Gasteiger partial charge in [-0.15, -0.1) is 0 Å². The molecule has 2 aliphatic carbocycles. The number of hydrogen-bond donors (Lipinski definition) is 0. The van der Waals surface area contributed by atoms with Crippen molar-refractivity contribution in [2.24, 2.45) is 5.92 Å². The molecule has 1 aromatic rings. The molecule has 2 fully saturated rings. The van der Waals surface area contributed by atoms with Crippen LogP contribution in [-0.4, -0.2) is 27.5 Å². The zero-order valence-corrected chi connectivity index (χ0v) is 12.2. The van der Waals surface area contributed by atoms with Crippen molar-refractivity contribution >= 4 is 5.91 Å². The highest BCUT2D eigenvalue weighted by Crippen LogP contribution is 2.40. The maximum absolute atomic E-state index is 12.5. The predicted octanol–water partition coefficient (Wildman–Crippen LogP) is 2.97. The van der Waals surface area contributed by atoms with Crippen molar-refractivity contribution in [1.82, 2.24) is 15.0 Å². The number of carbonyl (C=O) groups excluding carboxylic acids is 1. The third-order valence-electron chi connectivity index (χ3n) is 4.80. The van der Waals surface area contributed by atoms with E-state index in [4.69, 9.17) is 4.52 Å². The summed E-state index contributed by atoms with van der Waals surface area (Å²) in [5.41, 5.74) is 0. The SMILES string of the molecule is O=C(C[C@@H]1C=CCC1)N1CCC[C@H]1c1noc(C2CC2)n1. The Morgan fingerprint density at radius 2 is 2.24 bits per heavy atom. The van der Waals surface area contributed by atoms with E-state index in [1.54, 1.807) is 0 Å². The first-order chi connectivity index (χ1) is 10.3. The zero-order chi connectivity index (χ0) is 14.2. The van der Waals surface area contributed by atoms with Gasteiger partial charge in [0.2, 0.25) is 11.8 Å². The Morgan fingerprint density at radius 1 is 1.33 bits per heavy atom. The van der Waals surface area contributed by atoms with Gasteiger partial charge >= 0.3 is 0 Å². The average Bonchev–Trinajstić information content (AvgIpc) is 2.94. The van der Waals surface area contributed by atoms with Crippen LogP contribution in [0.15, 0.2) is 16.7 Å². The molecule has 1 saturated carbocycles. The van der Waals surface area contributed by atoms with E-state index in [-0.39, 0.29) is 11.9 Å². The minimum absolute atomic E-state index is 0.0270. The third-order valence-corrected chi connectivity index (χ3v) is 4.80. The van der Waals surface area contributed by atoms with E-state index in [1.165, 1.54) is 0 Å². The normalized spacial score (nSPS) is 28.5. The number of carbonyl (C=O) groups is 1. The van der Waals surface area contributed by atoms with Crippen molar-refractivity contribution < 1.29 is 9.32 Å². The van der Waals surface area contributed by atoms with E-state index in [1.807, 2.05) is 4.90 Å². The smallest absolute Gasteiger partial charge is 0.229 e. The fraction of sp³-hybridized carbons (Fsp3) is 0.688. The van der Waals surface area contributed by atoms with E-state index in [0.717, 1.165) is 51.0 Å². The fourth-order valence-corrected chi connectivity index (χ4v) is 3.42. The van der Waals surface area contributed by atoms with Gasteiger partial charge in [0.15, 0.2) is 5.82 Å². The van der Waals surface area contributed by atoms with Crippen LogP contribution < -0.4 is 0 Å². The van der Waals surface area contributed by atoms with Crippen molar-refractivity contribution in [3.63, 3.8) is 0 Å². The molecule has 1 aliphatic heterocycles. The summed E-state index contributed by atoms with van der Waals surface area (Å²) < 4.78 is 5.35. The van der Waals surface area contributed by atoms with Gasteiger partial charge in [-0.05, 0) is 44.4 Å². The maximum atomic E-state index is 12.5. The van der Waals surface area contributed by atoms with E-state index >= 15 is 0 Å². The quantitative estimate of drug-likeness (QED) is 0.799. The molecule has 4 rings (SSSR count). The summed E-state index contributed by atoms with van der Waals surface area (Å²) in [5.74, 6) is 2.62. The highest BCUT2D eigenvalue weighted by molar-refractivity contribution is 5.77. The van der Waals surface area contributed by atoms with Crippen molar-refractivity contribution in [3.05, 3.63) is 23.9 Å². The lowest BCUT2D eigenvalue weighted by Crippen LogP contribution is -2.32. The number of allylic oxidation sites excluding steroid dienone is 2. The molecule has 2 atom stereocenters. The first-order valence-electron chi connectivity index (χ1n) is 8.11. The summed E-state index contributed by atoms with van der Waals surface area (Å²) in [7, 11) is 0. The molecule has 0 unspecified atom stereocenters. The Bertz CT molecular complexity index is 562. The molecule has 0 aromatic carbocycles. The van der Waals surface area contributed by atoms with Crippen LogP contribution in [0.1, 0.15) is 68.6 Å². The van der Waals surface area contributed by atoms with Crippen LogP contribution in [0.3, 0.4) is 0 Å². The molecular formula is C16H21N3O2. The molecule has 1 amide bonds. The standard InChI is InChI=1S/C16H21N3O2/c20-14(10-11-4-1-2-5-11)19-9-3-6-13(19)15-17-16(21-18-15)12-7-8-12/h1,4,11-13H,2-3,5-10H2/t11-,13+/m1/s1. The van der Waals surface area contributed by atoms with Crippen molar-refractivity contribution in [2.45, 2.75) is 56.9 Å². The number of amides is 1. The first-order valence-corrected chi connectivity index (χ1v) is 8.11. The van der Waals surface area contributed by atoms with Gasteiger partial charge in [0.05, 0.1) is 6.04 Å². The lowest BCUT2D eigenvalue weighted by atomic mass is 10.0. The highest BCUT2D eigenvalue weighted by atomic mass is 16.5. The van der Waals surface area contributed by atoms with Crippen LogP contribution in [-0.2, 0) is 4.79 Å². The molecule has 0 N–H and O–H groups in total. The van der Waals surface area contributed by atoms with Crippen LogP contribution in [0.2, 0.25) is 0 Å². The second kappa shape index (κ2) is 5.28. The summed E-state index contributed by atoms with van der Waals surface area (Å²) in [5, 5.41) is 4.13. The Kier molecular flexibility index (Phi) is 3.28. The number of aromatic nitrogens is 2. The topological polar surface area (TPSA) is 59.2 Å². The molecule has 1 aromatic heterocycles. The van der Waals surface area contributed by atoms with Gasteiger partial charge in [0.25, 0.3) is 0 Å². The Morgan fingerprint density at radius 3 is 3.00 bits per heavy atom. The molecule has 0 radical (unpaired) electrons. The van der Waals surface area contributed by atoms with Crippen molar-refractivity contribution in [1.29, 1.82) is 0 Å². The van der Waals surface area contributed by atoms with Gasteiger partial charge in [-0.2, -0.15) is 4.98 Å². The minimum Gasteiger partial charge on any atom is -0.339 e. The van der Waals surface area contributed by atoms with Gasteiger partial charge < -0.3 is 9.42 Å². The van der Waals surface area contributed by atoms with Crippen LogP contribution in [0.4, 0.5) is 0 Å². The number of nitrogens with zero attached hydrogens (tertiary/aromatic N) is 3. The second-order valence-electron chi connectivity index (χ2n) is 6.48. The van der Waals surface area contributed by atoms with E-state index in [2.05, 4.69) is 22.3 Å². The summed E-state index contributed by atoms with van der Waals surface area (Å²) in [4.78, 5) is 19.0. The van der Waals surface area contributed by atoms with E-state index < -0.39 is 0 Å². The molecule has 1 saturated heterocycles. The molecule has 3 aliphatic rings. The minimum atomic E-state index is 0.0270. The van der Waals surface area contributed by atoms with Crippen LogP contribution in [0.25, 0.3) is 0 Å². The predicted molar refractivity (Wildman–Crippen MR) is 76.4 cm³/mol. The van der Waals surface area contributed by atoms with Gasteiger partial charge in [-0.3, -0.25) is 4.79 Å². The summed E-state index contributed by atoms with van der Waals surface area (Å²) >= 11 is 0. The van der Waals surface area contributed by atoms with Crippen molar-refractivity contribution in [3.8, 4) is 0 Å². The van der Waals surface area contributed by atoms with Crippen molar-refractivity contribution in [2.75, 3.05) is 6.54 Å². The van der Waals surface area contributed by atoms with Gasteiger partial charge in [-0.1, -0.05) is 17.3 Å². The Balaban J connectivity index is 1.45. The van der Waals surface area contributed by atoms with E-state index in [0.29, 0.717) is 24.1 Å². The molecule has 0 bridgehead atoms. The van der Waals surface area contributed by atoms with Crippen LogP contribution >= 0.6 is 0 Å². The molecular weight excluding hydrogens is 266 g/mol. The molecule has 2 heterocycles. The molecule has 0 spiro atoms. The lowest BCUT2D eigenvalue weighted by Gasteiger charge is -2.23. The number of rotatable bonds is 4. The second-order valence-corrected chi connectivity index (χ2v) is 6.48. The lowest BCUT2D eigenvalue weighted by molar-refractivity contribution is -0.133. The molecule has 5 heteroatoms. The number of hydrogen-bond acceptors (Lipinski definition) is 4. The Labute approximate surface area is 124 Å². The molecule has 5 nitrogen and oxygen atoms in total. The summed E-state index contributed by atoms with van der Waals surface area (Å²) in [6, 6.07) is 0.0270. The monoisotopic (exact) mass is 287 g/mol. The third kappa shape index (κ3) is 2.61. The summed E-state index contributed by atoms with van der Waals surface area (Å²) in [6.45, 7) is 0.827. The maximum Gasteiger partial charge on any atom is 0.229 e. The average molecular weight is 287 g/mol. The Hall–Kier alpha value is -1.65. The zero-order valence-electron chi connectivity index (χ0n) is 12.2. The fourth-order valence-electron chi connectivity index (χ4n) is 3.42. The summed E-state index contributed by atoms with van der Waals surface area (Å²) in [6.07, 6.45) is 11.5. The number of likely N-dealkylation sites (tertiary alicyclic amines) is 1. The highest BCUT2D eigenvalue weighted by Gasteiger charge is 2.36. The van der Waals surface area contributed by atoms with Crippen LogP contribution in [0.5, 0.6) is 0 Å². The largest absolute Gasteiger partial charge is 0.339 e. The molecule has 21 heavy (non-hydrogen) atoms. The first kappa shape index (κ1) is 13.0. The van der Waals surface area contributed by atoms with Gasteiger partial charge in [-0.25, -0.2) is 0 Å².